The lowest BCUT2D eigenvalue weighted by Crippen LogP contribution is -2.28. The Morgan fingerprint density at radius 1 is 1.25 bits per heavy atom. The van der Waals surface area contributed by atoms with E-state index in [1.54, 1.807) is 50.2 Å². The van der Waals surface area contributed by atoms with Crippen molar-refractivity contribution in [2.24, 2.45) is 0 Å². The molecule has 2 N–H and O–H groups in total. The van der Waals surface area contributed by atoms with Gasteiger partial charge in [0.15, 0.2) is 0 Å². The molecule has 0 radical (unpaired) electrons. The standard InChI is InChI=1S/C26H27F2N3O5/c1-26(2,34)16-7-9-17(10-8-16)29-25(33)20-13-31(18-11-12-35-14-18)30-23(24(20)32)19-5-3-4-6-21(19)36-15-22(27)28/h3-10,13,18,22,34H,11-12,14-15H2,1-2H3,(H,29,33). The number of nitrogens with one attached hydrogen (secondary N) is 1. The summed E-state index contributed by atoms with van der Waals surface area (Å²) < 4.78 is 37.7. The average Bonchev–Trinajstić information content (AvgIpc) is 3.38. The molecule has 8 nitrogen and oxygen atoms in total. The van der Waals surface area contributed by atoms with Crippen LogP contribution in [0.1, 0.15) is 42.2 Å². The lowest BCUT2D eigenvalue weighted by molar-refractivity contribution is 0.0786. The minimum absolute atomic E-state index is 0.0661. The highest BCUT2D eigenvalue weighted by Gasteiger charge is 2.25. The van der Waals surface area contributed by atoms with Gasteiger partial charge in [-0.25, -0.2) is 8.78 Å². The van der Waals surface area contributed by atoms with Gasteiger partial charge in [0.2, 0.25) is 5.43 Å². The number of halogens is 2. The molecule has 3 aromatic rings. The molecular weight excluding hydrogens is 472 g/mol. The van der Waals surface area contributed by atoms with Crippen molar-refractivity contribution in [3.05, 3.63) is 76.1 Å². The van der Waals surface area contributed by atoms with Crippen LogP contribution in [0.15, 0.2) is 59.5 Å². The lowest BCUT2D eigenvalue weighted by Gasteiger charge is -2.18. The molecular formula is C26H27F2N3O5. The maximum absolute atomic E-state index is 13.4. The molecule has 2 aromatic carbocycles. The predicted octanol–water partition coefficient (Wildman–Crippen LogP) is 4.00. The van der Waals surface area contributed by atoms with E-state index in [1.807, 2.05) is 0 Å². The monoisotopic (exact) mass is 499 g/mol. The van der Waals surface area contributed by atoms with Gasteiger partial charge >= 0.3 is 0 Å². The number of aliphatic hydroxyl groups is 1. The molecule has 36 heavy (non-hydrogen) atoms. The van der Waals surface area contributed by atoms with Crippen LogP contribution in [-0.4, -0.2) is 47.0 Å². The number of alkyl halides is 2. The molecule has 1 aromatic heterocycles. The average molecular weight is 500 g/mol. The Hall–Kier alpha value is -3.63. The fourth-order valence-corrected chi connectivity index (χ4v) is 3.86. The lowest BCUT2D eigenvalue weighted by atomic mass is 9.98. The van der Waals surface area contributed by atoms with Crippen molar-refractivity contribution in [2.45, 2.75) is 38.3 Å². The molecule has 1 amide bonds. The van der Waals surface area contributed by atoms with Crippen molar-refractivity contribution in [1.82, 2.24) is 9.78 Å². The summed E-state index contributed by atoms with van der Waals surface area (Å²) in [6.45, 7) is 3.33. The predicted molar refractivity (Wildman–Crippen MR) is 130 cm³/mol. The number of aromatic nitrogens is 2. The van der Waals surface area contributed by atoms with Crippen LogP contribution in [0.4, 0.5) is 14.5 Å². The number of hydrogen-bond donors (Lipinski definition) is 2. The molecule has 1 unspecified atom stereocenters. The number of carbonyl (C=O) groups excluding carboxylic acids is 1. The van der Waals surface area contributed by atoms with Gasteiger partial charge < -0.3 is 19.9 Å². The summed E-state index contributed by atoms with van der Waals surface area (Å²) in [5.74, 6) is -0.588. The van der Waals surface area contributed by atoms with Gasteiger partial charge in [-0.05, 0) is 50.1 Å². The number of nitrogens with zero attached hydrogens (tertiary/aromatic N) is 2. The van der Waals surface area contributed by atoms with E-state index in [0.717, 1.165) is 0 Å². The Labute approximate surface area is 206 Å². The number of anilines is 1. The Kier molecular flexibility index (Phi) is 7.46. The fourth-order valence-electron chi connectivity index (χ4n) is 3.86. The van der Waals surface area contributed by atoms with E-state index in [9.17, 15) is 23.5 Å². The molecule has 190 valence electrons. The molecule has 0 bridgehead atoms. The Bertz CT molecular complexity index is 1280. The summed E-state index contributed by atoms with van der Waals surface area (Å²) in [6.07, 6.45) is -0.676. The van der Waals surface area contributed by atoms with Crippen LogP contribution in [0.2, 0.25) is 0 Å². The molecule has 0 aliphatic carbocycles. The zero-order valence-electron chi connectivity index (χ0n) is 19.9. The molecule has 2 heterocycles. The first-order chi connectivity index (χ1) is 17.1. The van der Waals surface area contributed by atoms with Gasteiger partial charge in [0, 0.05) is 24.1 Å². The van der Waals surface area contributed by atoms with E-state index in [-0.39, 0.29) is 28.6 Å². The van der Waals surface area contributed by atoms with Crippen LogP contribution in [0, 0.1) is 0 Å². The first kappa shape index (κ1) is 25.5. The minimum atomic E-state index is -2.70. The third kappa shape index (κ3) is 5.77. The van der Waals surface area contributed by atoms with Crippen LogP contribution < -0.4 is 15.5 Å². The maximum atomic E-state index is 13.4. The number of hydrogen-bond acceptors (Lipinski definition) is 6. The van der Waals surface area contributed by atoms with Crippen molar-refractivity contribution >= 4 is 11.6 Å². The Morgan fingerprint density at radius 2 is 1.97 bits per heavy atom. The van der Waals surface area contributed by atoms with E-state index in [1.165, 1.54) is 23.0 Å². The number of amides is 1. The second kappa shape index (κ2) is 10.5. The first-order valence-electron chi connectivity index (χ1n) is 11.5. The second-order valence-electron chi connectivity index (χ2n) is 9.01. The largest absolute Gasteiger partial charge is 0.487 e. The number of carbonyl (C=O) groups is 1. The summed E-state index contributed by atoms with van der Waals surface area (Å²) >= 11 is 0. The van der Waals surface area contributed by atoms with E-state index < -0.39 is 30.0 Å². The third-order valence-corrected chi connectivity index (χ3v) is 5.82. The fraction of sp³-hybridized carbons (Fsp3) is 0.346. The molecule has 1 aliphatic rings. The number of benzene rings is 2. The quantitative estimate of drug-likeness (QED) is 0.486. The Morgan fingerprint density at radius 3 is 2.61 bits per heavy atom. The minimum Gasteiger partial charge on any atom is -0.487 e. The molecule has 0 spiro atoms. The van der Waals surface area contributed by atoms with Gasteiger partial charge in [-0.3, -0.25) is 14.3 Å². The van der Waals surface area contributed by atoms with Gasteiger partial charge in [0.1, 0.15) is 23.6 Å². The summed E-state index contributed by atoms with van der Waals surface area (Å²) in [5, 5.41) is 17.3. The van der Waals surface area contributed by atoms with Gasteiger partial charge in [0.25, 0.3) is 12.3 Å². The smallest absolute Gasteiger partial charge is 0.272 e. The highest BCUT2D eigenvalue weighted by molar-refractivity contribution is 6.04. The van der Waals surface area contributed by atoms with Crippen LogP contribution in [0.5, 0.6) is 5.75 Å². The molecule has 1 fully saturated rings. The zero-order chi connectivity index (χ0) is 25.9. The second-order valence-corrected chi connectivity index (χ2v) is 9.01. The van der Waals surface area contributed by atoms with Gasteiger partial charge in [-0.15, -0.1) is 0 Å². The molecule has 1 aliphatic heterocycles. The van der Waals surface area contributed by atoms with Gasteiger partial charge in [-0.1, -0.05) is 24.3 Å². The molecule has 1 saturated heterocycles. The zero-order valence-corrected chi connectivity index (χ0v) is 19.9. The van der Waals surface area contributed by atoms with Gasteiger partial charge in [-0.2, -0.15) is 5.10 Å². The normalized spacial score (nSPS) is 15.8. The SMILES string of the molecule is CC(C)(O)c1ccc(NC(=O)c2cn(C3CCOC3)nc(-c3ccccc3OCC(F)F)c2=O)cc1. The van der Waals surface area contributed by atoms with E-state index in [2.05, 4.69) is 10.4 Å². The topological polar surface area (TPSA) is 103 Å². The van der Waals surface area contributed by atoms with E-state index in [0.29, 0.717) is 30.9 Å². The Balaban J connectivity index is 1.73. The first-order valence-corrected chi connectivity index (χ1v) is 11.5. The van der Waals surface area contributed by atoms with Gasteiger partial charge in [0.05, 0.1) is 18.2 Å². The summed E-state index contributed by atoms with van der Waals surface area (Å²) in [7, 11) is 0. The summed E-state index contributed by atoms with van der Waals surface area (Å²) in [4.78, 5) is 26.6. The third-order valence-electron chi connectivity index (χ3n) is 5.82. The van der Waals surface area contributed by atoms with Crippen LogP contribution in [0.3, 0.4) is 0 Å². The highest BCUT2D eigenvalue weighted by atomic mass is 19.3. The number of rotatable bonds is 8. The molecule has 1 atom stereocenters. The summed E-state index contributed by atoms with van der Waals surface area (Å²) in [5.41, 5.74) is -0.653. The number of para-hydroxylation sites is 1. The van der Waals surface area contributed by atoms with Crippen molar-refractivity contribution < 1.29 is 28.2 Å². The highest BCUT2D eigenvalue weighted by Crippen LogP contribution is 2.28. The van der Waals surface area contributed by atoms with Crippen molar-refractivity contribution in [3.8, 4) is 17.0 Å². The van der Waals surface area contributed by atoms with Crippen molar-refractivity contribution in [3.63, 3.8) is 0 Å². The van der Waals surface area contributed by atoms with Crippen molar-refractivity contribution in [2.75, 3.05) is 25.1 Å². The molecule has 4 rings (SSSR count). The van der Waals surface area contributed by atoms with Crippen LogP contribution >= 0.6 is 0 Å². The molecule has 10 heteroatoms. The van der Waals surface area contributed by atoms with Crippen LogP contribution in [0.25, 0.3) is 11.3 Å². The summed E-state index contributed by atoms with van der Waals surface area (Å²) in [6, 6.07) is 12.7. The maximum Gasteiger partial charge on any atom is 0.272 e. The number of ether oxygens (including phenoxy) is 2. The van der Waals surface area contributed by atoms with Crippen molar-refractivity contribution in [1.29, 1.82) is 0 Å². The van der Waals surface area contributed by atoms with E-state index >= 15 is 0 Å². The van der Waals surface area contributed by atoms with Crippen LogP contribution in [-0.2, 0) is 10.3 Å². The van der Waals surface area contributed by atoms with E-state index in [4.69, 9.17) is 9.47 Å². The molecule has 0 saturated carbocycles.